The van der Waals surface area contributed by atoms with Crippen molar-refractivity contribution < 1.29 is 34.8 Å². The van der Waals surface area contributed by atoms with Gasteiger partial charge in [0.05, 0.1) is 0 Å². The predicted molar refractivity (Wildman–Crippen MR) is 127 cm³/mol. The fourth-order valence-electron chi connectivity index (χ4n) is 3.30. The highest BCUT2D eigenvalue weighted by molar-refractivity contribution is 5.85. The molecule has 0 aromatic heterocycles. The van der Waals surface area contributed by atoms with Crippen LogP contribution in [-0.4, -0.2) is 56.3 Å². The second-order valence-electron chi connectivity index (χ2n) is 8.70. The summed E-state index contributed by atoms with van der Waals surface area (Å²) in [4.78, 5) is 31.3. The average Bonchev–Trinajstić information content (AvgIpc) is 2.74. The number of hydrogen-bond donors (Lipinski definition) is 4. The summed E-state index contributed by atoms with van der Waals surface area (Å²) < 4.78 is 0. The van der Waals surface area contributed by atoms with E-state index in [0.717, 1.165) is 26.7 Å². The Labute approximate surface area is 194 Å². The fourth-order valence-corrected chi connectivity index (χ4v) is 3.30. The van der Waals surface area contributed by atoms with Crippen LogP contribution in [0.2, 0.25) is 0 Å². The first-order chi connectivity index (χ1) is 15.1. The first-order valence-electron chi connectivity index (χ1n) is 12.4. The second kappa shape index (κ2) is 22.9. The quantitative estimate of drug-likeness (QED) is 0.195. The second-order valence-corrected chi connectivity index (χ2v) is 8.70. The lowest BCUT2D eigenvalue weighted by Crippen LogP contribution is -2.44. The predicted octanol–water partition coefficient (Wildman–Crippen LogP) is 4.58. The maximum absolute atomic E-state index is 10.5. The zero-order valence-corrected chi connectivity index (χ0v) is 20.6. The third-order valence-corrected chi connectivity index (χ3v) is 5.47. The molecule has 32 heavy (non-hydrogen) atoms. The Bertz CT molecular complexity index is 459. The minimum atomic E-state index is -1.74. The van der Waals surface area contributed by atoms with Gasteiger partial charge in [-0.2, -0.15) is 0 Å². The van der Waals surface area contributed by atoms with Crippen LogP contribution >= 0.6 is 0 Å². The Morgan fingerprint density at radius 2 is 0.844 bits per heavy atom. The number of aliphatic hydroxyl groups is 3. The van der Waals surface area contributed by atoms with Gasteiger partial charge in [-0.15, -0.1) is 0 Å². The van der Waals surface area contributed by atoms with Crippen molar-refractivity contribution in [3.63, 3.8) is 0 Å². The van der Waals surface area contributed by atoms with E-state index in [4.69, 9.17) is 20.4 Å². The highest BCUT2D eigenvalue weighted by Gasteiger charge is 2.30. The SMILES string of the molecule is CC(=O)C(O)C(O)C(O)C(C)=O.CCCCCCCCCCCCCCCCCC(=O)O. The third kappa shape index (κ3) is 21.9. The molecule has 190 valence electrons. The largest absolute Gasteiger partial charge is 0.481 e. The molecule has 0 heterocycles. The van der Waals surface area contributed by atoms with Gasteiger partial charge in [0.1, 0.15) is 18.3 Å². The molecule has 0 spiro atoms. The molecule has 0 aliphatic carbocycles. The van der Waals surface area contributed by atoms with Gasteiger partial charge in [-0.3, -0.25) is 14.4 Å². The fraction of sp³-hybridized carbons (Fsp3) is 0.880. The molecular formula is C25H48O7. The molecule has 0 saturated heterocycles. The average molecular weight is 461 g/mol. The maximum atomic E-state index is 10.5. The number of carbonyl (C=O) groups is 3. The first-order valence-corrected chi connectivity index (χ1v) is 12.4. The highest BCUT2D eigenvalue weighted by Crippen LogP contribution is 2.13. The summed E-state index contributed by atoms with van der Waals surface area (Å²) in [5, 5.41) is 35.3. The van der Waals surface area contributed by atoms with Crippen LogP contribution in [0.4, 0.5) is 0 Å². The summed E-state index contributed by atoms with van der Waals surface area (Å²) in [7, 11) is 0. The summed E-state index contributed by atoms with van der Waals surface area (Å²) in [6, 6.07) is 0. The topological polar surface area (TPSA) is 132 Å². The van der Waals surface area contributed by atoms with Crippen molar-refractivity contribution in [2.24, 2.45) is 0 Å². The number of carboxylic acids is 1. The van der Waals surface area contributed by atoms with E-state index in [1.54, 1.807) is 0 Å². The standard InChI is InChI=1S/C18H36O2.C7H12O5/c1-2-3-4-5-6-7-8-9-10-11-12-13-14-15-16-17-18(19)20;1-3(8)5(10)7(12)6(11)4(2)9/h2-17H2,1H3,(H,19,20);5-7,10-12H,1-2H3. The van der Waals surface area contributed by atoms with Crippen molar-refractivity contribution >= 4 is 17.5 Å². The maximum Gasteiger partial charge on any atom is 0.303 e. The third-order valence-electron chi connectivity index (χ3n) is 5.47. The van der Waals surface area contributed by atoms with Crippen LogP contribution in [0.25, 0.3) is 0 Å². The molecule has 2 atom stereocenters. The molecule has 0 aromatic rings. The summed E-state index contributed by atoms with van der Waals surface area (Å²) in [5.41, 5.74) is 0. The zero-order valence-electron chi connectivity index (χ0n) is 20.6. The molecular weight excluding hydrogens is 412 g/mol. The Kier molecular flexibility index (Phi) is 23.5. The summed E-state index contributed by atoms with van der Waals surface area (Å²) in [6.07, 6.45) is 15.1. The van der Waals surface area contributed by atoms with Crippen molar-refractivity contribution in [2.75, 3.05) is 0 Å². The number of ketones is 2. The van der Waals surface area contributed by atoms with Crippen molar-refractivity contribution in [1.82, 2.24) is 0 Å². The van der Waals surface area contributed by atoms with Gasteiger partial charge >= 0.3 is 5.97 Å². The lowest BCUT2D eigenvalue weighted by atomic mass is 10.0. The van der Waals surface area contributed by atoms with E-state index in [0.29, 0.717) is 6.42 Å². The molecule has 7 heteroatoms. The number of unbranched alkanes of at least 4 members (excludes halogenated alkanes) is 14. The molecule has 0 aliphatic rings. The number of rotatable bonds is 20. The monoisotopic (exact) mass is 460 g/mol. The normalized spacial score (nSPS) is 13.6. The van der Waals surface area contributed by atoms with Crippen molar-refractivity contribution in [3.8, 4) is 0 Å². The van der Waals surface area contributed by atoms with E-state index < -0.39 is 35.8 Å². The molecule has 0 aromatic carbocycles. The van der Waals surface area contributed by atoms with Crippen LogP contribution in [0, 0.1) is 0 Å². The first kappa shape index (κ1) is 32.9. The van der Waals surface area contributed by atoms with Crippen molar-refractivity contribution in [1.29, 1.82) is 0 Å². The highest BCUT2D eigenvalue weighted by atomic mass is 16.4. The Balaban J connectivity index is 0. The van der Waals surface area contributed by atoms with Gasteiger partial charge in [-0.25, -0.2) is 0 Å². The van der Waals surface area contributed by atoms with Crippen LogP contribution in [0.15, 0.2) is 0 Å². The molecule has 7 nitrogen and oxygen atoms in total. The number of Topliss-reactive ketones (excluding diaryl/α,β-unsaturated/α-hetero) is 2. The van der Waals surface area contributed by atoms with E-state index >= 15 is 0 Å². The number of aliphatic carboxylic acids is 1. The van der Waals surface area contributed by atoms with E-state index in [1.165, 1.54) is 83.5 Å². The summed E-state index contributed by atoms with van der Waals surface area (Å²) in [5.74, 6) is -2.04. The van der Waals surface area contributed by atoms with Crippen molar-refractivity contribution in [3.05, 3.63) is 0 Å². The Hall–Kier alpha value is -1.31. The molecule has 0 aliphatic heterocycles. The van der Waals surface area contributed by atoms with Crippen LogP contribution in [0.3, 0.4) is 0 Å². The van der Waals surface area contributed by atoms with Gasteiger partial charge < -0.3 is 20.4 Å². The van der Waals surface area contributed by atoms with Crippen LogP contribution in [0.5, 0.6) is 0 Å². The van der Waals surface area contributed by atoms with Crippen LogP contribution < -0.4 is 0 Å². The van der Waals surface area contributed by atoms with E-state index in [-0.39, 0.29) is 0 Å². The molecule has 2 unspecified atom stereocenters. The smallest absolute Gasteiger partial charge is 0.303 e. The number of aliphatic hydroxyl groups excluding tert-OH is 3. The van der Waals surface area contributed by atoms with Gasteiger partial charge in [-0.1, -0.05) is 96.8 Å². The van der Waals surface area contributed by atoms with E-state index in [9.17, 15) is 14.4 Å². The molecule has 4 N–H and O–H groups in total. The van der Waals surface area contributed by atoms with Gasteiger partial charge in [0, 0.05) is 6.42 Å². The molecule has 0 amide bonds. The van der Waals surface area contributed by atoms with Gasteiger partial charge in [0.2, 0.25) is 0 Å². The van der Waals surface area contributed by atoms with E-state index in [2.05, 4.69) is 6.92 Å². The molecule has 0 saturated carbocycles. The summed E-state index contributed by atoms with van der Waals surface area (Å²) in [6.45, 7) is 4.38. The lowest BCUT2D eigenvalue weighted by Gasteiger charge is -2.18. The molecule has 0 radical (unpaired) electrons. The Morgan fingerprint density at radius 1 is 0.562 bits per heavy atom. The molecule has 0 rings (SSSR count). The number of hydrogen-bond acceptors (Lipinski definition) is 6. The van der Waals surface area contributed by atoms with Crippen LogP contribution in [0.1, 0.15) is 124 Å². The van der Waals surface area contributed by atoms with Gasteiger partial charge in [0.25, 0.3) is 0 Å². The zero-order chi connectivity index (χ0) is 24.8. The number of carbonyl (C=O) groups excluding carboxylic acids is 2. The Morgan fingerprint density at radius 3 is 1.09 bits per heavy atom. The van der Waals surface area contributed by atoms with Gasteiger partial charge in [-0.05, 0) is 20.3 Å². The van der Waals surface area contributed by atoms with Gasteiger partial charge in [0.15, 0.2) is 11.6 Å². The minimum absolute atomic E-state index is 0.345. The minimum Gasteiger partial charge on any atom is -0.481 e. The van der Waals surface area contributed by atoms with Crippen LogP contribution in [-0.2, 0) is 14.4 Å². The van der Waals surface area contributed by atoms with Crippen molar-refractivity contribution in [2.45, 2.75) is 142 Å². The summed E-state index contributed by atoms with van der Waals surface area (Å²) >= 11 is 0. The molecule has 0 bridgehead atoms. The number of carboxylic acid groups (broad SMARTS) is 1. The van der Waals surface area contributed by atoms with E-state index in [1.807, 2.05) is 0 Å². The lowest BCUT2D eigenvalue weighted by molar-refractivity contribution is -0.144. The molecule has 0 fully saturated rings.